The number of hydrogen-bond acceptors (Lipinski definition) is 7. The molecule has 0 bridgehead atoms. The predicted octanol–water partition coefficient (Wildman–Crippen LogP) is 8.26. The van der Waals surface area contributed by atoms with E-state index in [1.165, 1.54) is 0 Å². The minimum atomic E-state index is -1.16. The summed E-state index contributed by atoms with van der Waals surface area (Å²) in [5.74, 6) is -1.45. The molecule has 0 radical (unpaired) electrons. The molecule has 7 rings (SSSR count). The number of fused-ring (bicyclic) bond motifs is 7. The summed E-state index contributed by atoms with van der Waals surface area (Å²) in [6.45, 7) is 24.9. The van der Waals surface area contributed by atoms with Crippen LogP contribution in [0.1, 0.15) is 153 Å². The third kappa shape index (κ3) is 6.44. The molecule has 0 unspecified atom stereocenters. The van der Waals surface area contributed by atoms with E-state index in [4.69, 9.17) is 16.5 Å². The Hall–Kier alpha value is -2.46. The summed E-state index contributed by atoms with van der Waals surface area (Å²) in [4.78, 5) is 67.4. The Balaban J connectivity index is 1.12. The summed E-state index contributed by atoms with van der Waals surface area (Å²) >= 11 is 6.16. The first kappa shape index (κ1) is 43.6. The van der Waals surface area contributed by atoms with Gasteiger partial charge in [-0.05, 0) is 153 Å². The van der Waals surface area contributed by atoms with Gasteiger partial charge in [0.25, 0.3) is 0 Å². The molecule has 6 fully saturated rings. The van der Waals surface area contributed by atoms with E-state index in [0.29, 0.717) is 50.6 Å². The average Bonchev–Trinajstić information content (AvgIpc) is 3.41. The zero-order chi connectivity index (χ0) is 42.8. The number of piperidine rings is 1. The highest BCUT2D eigenvalue weighted by Gasteiger charge is 2.71. The standard InChI is InChI=1S/C47H72ClN3O7/c1-26(2)35-31(52)25-47(50-40(57)43(7,8)49-37(53)27-16-22-51(48)23-17-27)21-20-45(10)28(36(35)47)12-13-33-44(9)18-15-34(42(5,6)32(44)14-19-46(33,45)11)58-39(56)30-24-29(38(54)55)41(30,3)4/h26-30,32-34H,12-25H2,1-11H3,(H,49,53)(H,50,57)(H,54,55)/t28-,29+,30-,32+,33-,34+,44+,45-,46-,47-/m1/s1. The zero-order valence-corrected chi connectivity index (χ0v) is 38.0. The largest absolute Gasteiger partial charge is 0.481 e. The van der Waals surface area contributed by atoms with Gasteiger partial charge in [-0.1, -0.05) is 62.3 Å². The monoisotopic (exact) mass is 826 g/mol. The van der Waals surface area contributed by atoms with Gasteiger partial charge in [-0.15, -0.1) is 0 Å². The maximum atomic E-state index is 14.4. The van der Waals surface area contributed by atoms with Crippen LogP contribution in [0.3, 0.4) is 0 Å². The highest BCUT2D eigenvalue weighted by atomic mass is 35.5. The second kappa shape index (κ2) is 14.3. The van der Waals surface area contributed by atoms with Gasteiger partial charge in [-0.3, -0.25) is 24.0 Å². The van der Waals surface area contributed by atoms with E-state index in [-0.39, 0.29) is 75.5 Å². The second-order valence-electron chi connectivity index (χ2n) is 22.8. The van der Waals surface area contributed by atoms with Crippen molar-refractivity contribution >= 4 is 41.3 Å². The molecule has 0 aromatic heterocycles. The molecule has 2 amide bonds. The number of nitrogens with one attached hydrogen (secondary N) is 2. The summed E-state index contributed by atoms with van der Waals surface area (Å²) in [6.07, 6.45) is 9.10. The number of carboxylic acids is 1. The van der Waals surface area contributed by atoms with Crippen molar-refractivity contribution in [3.05, 3.63) is 11.1 Å². The van der Waals surface area contributed by atoms with Crippen molar-refractivity contribution < 1.29 is 33.8 Å². The molecule has 7 aliphatic rings. The molecule has 1 aliphatic heterocycles. The summed E-state index contributed by atoms with van der Waals surface area (Å²) < 4.78 is 8.12. The molecule has 11 heteroatoms. The number of nitrogens with zero attached hydrogens (tertiary/aromatic N) is 1. The number of carbonyl (C=O) groups is 5. The fraction of sp³-hybridized carbons (Fsp3) is 0.851. The number of hydrogen-bond donors (Lipinski definition) is 3. The Morgan fingerprint density at radius 3 is 2.09 bits per heavy atom. The van der Waals surface area contributed by atoms with Crippen LogP contribution >= 0.6 is 11.8 Å². The molecule has 0 aromatic rings. The molecule has 6 aliphatic carbocycles. The molecule has 10 nitrogen and oxygen atoms in total. The Morgan fingerprint density at radius 2 is 1.48 bits per heavy atom. The van der Waals surface area contributed by atoms with Crippen LogP contribution in [-0.2, 0) is 28.7 Å². The Labute approximate surface area is 352 Å². The lowest BCUT2D eigenvalue weighted by Gasteiger charge is -2.72. The van der Waals surface area contributed by atoms with E-state index in [1.807, 2.05) is 13.8 Å². The van der Waals surface area contributed by atoms with E-state index >= 15 is 0 Å². The number of rotatable bonds is 8. The maximum absolute atomic E-state index is 14.4. The number of Topliss-reactive ketones (excluding diaryl/α,β-unsaturated/α-hetero) is 1. The molecule has 1 heterocycles. The fourth-order valence-electron chi connectivity index (χ4n) is 14.9. The quantitative estimate of drug-likeness (QED) is 0.164. The van der Waals surface area contributed by atoms with Crippen molar-refractivity contribution in [1.29, 1.82) is 0 Å². The van der Waals surface area contributed by atoms with Gasteiger partial charge in [0.1, 0.15) is 11.6 Å². The SMILES string of the molecule is CC(C)C1=C2[C@H]3CC[C@@H]4[C@@]5(C)CC[C@H](OC(=O)[C@H]6C[C@@H](C(=O)O)C6(C)C)C(C)(C)[C@@H]5CC[C@@]4(C)[C@]3(C)CC[C@@]2(NC(=O)C(C)(C)NC(=O)C2CCN(Cl)CC2)CC1=O. The van der Waals surface area contributed by atoms with Crippen LogP contribution in [0.4, 0.5) is 0 Å². The van der Waals surface area contributed by atoms with Gasteiger partial charge in [-0.25, -0.2) is 4.42 Å². The van der Waals surface area contributed by atoms with Crippen LogP contribution in [0.25, 0.3) is 0 Å². The van der Waals surface area contributed by atoms with E-state index in [1.54, 1.807) is 18.3 Å². The van der Waals surface area contributed by atoms with Gasteiger partial charge in [0.2, 0.25) is 11.8 Å². The van der Waals surface area contributed by atoms with Crippen LogP contribution in [-0.4, -0.2) is 69.3 Å². The van der Waals surface area contributed by atoms with Crippen molar-refractivity contribution in [2.45, 2.75) is 170 Å². The van der Waals surface area contributed by atoms with Crippen LogP contribution in [0.15, 0.2) is 11.1 Å². The molecule has 0 aromatic carbocycles. The normalized spacial score (nSPS) is 41.0. The number of esters is 1. The Bertz CT molecular complexity index is 1780. The Kier molecular flexibility index (Phi) is 10.8. The van der Waals surface area contributed by atoms with Crippen LogP contribution in [0.2, 0.25) is 0 Å². The van der Waals surface area contributed by atoms with Gasteiger partial charge in [0.05, 0.1) is 17.4 Å². The van der Waals surface area contributed by atoms with Crippen LogP contribution in [0.5, 0.6) is 0 Å². The topological polar surface area (TPSA) is 142 Å². The van der Waals surface area contributed by atoms with Gasteiger partial charge in [0.15, 0.2) is 5.78 Å². The van der Waals surface area contributed by atoms with Crippen LogP contribution < -0.4 is 10.6 Å². The molecule has 0 spiro atoms. The minimum Gasteiger partial charge on any atom is -0.481 e. The summed E-state index contributed by atoms with van der Waals surface area (Å²) in [7, 11) is 0. The van der Waals surface area contributed by atoms with E-state index in [0.717, 1.165) is 56.1 Å². The molecule has 10 atom stereocenters. The third-order valence-corrected chi connectivity index (χ3v) is 19.0. The summed E-state index contributed by atoms with van der Waals surface area (Å²) in [5.41, 5.74) is -0.802. The van der Waals surface area contributed by atoms with Gasteiger partial charge >= 0.3 is 11.9 Å². The zero-order valence-electron chi connectivity index (χ0n) is 37.2. The highest BCUT2D eigenvalue weighted by molar-refractivity contribution is 6.13. The minimum absolute atomic E-state index is 0.00862. The van der Waals surface area contributed by atoms with Crippen molar-refractivity contribution in [3.8, 4) is 0 Å². The molecular formula is C47H72ClN3O7. The van der Waals surface area contributed by atoms with E-state index in [2.05, 4.69) is 59.1 Å². The van der Waals surface area contributed by atoms with E-state index < -0.39 is 34.3 Å². The molecule has 3 N–H and O–H groups in total. The first-order valence-electron chi connectivity index (χ1n) is 22.5. The smallest absolute Gasteiger partial charge is 0.309 e. The maximum Gasteiger partial charge on any atom is 0.309 e. The number of ketones is 1. The van der Waals surface area contributed by atoms with Gasteiger partial charge in [-0.2, -0.15) is 0 Å². The predicted molar refractivity (Wildman–Crippen MR) is 223 cm³/mol. The van der Waals surface area contributed by atoms with Gasteiger partial charge < -0.3 is 20.5 Å². The summed E-state index contributed by atoms with van der Waals surface area (Å²) in [5, 5.41) is 16.2. The first-order valence-corrected chi connectivity index (χ1v) is 22.9. The number of ether oxygens (including phenoxy) is 1. The summed E-state index contributed by atoms with van der Waals surface area (Å²) in [6, 6.07) is 0. The highest BCUT2D eigenvalue weighted by Crippen LogP contribution is 2.76. The molecular weight excluding hydrogens is 754 g/mol. The Morgan fingerprint density at radius 1 is 0.828 bits per heavy atom. The number of carbonyl (C=O) groups excluding carboxylic acids is 4. The lowest BCUT2D eigenvalue weighted by atomic mass is 9.33. The molecule has 5 saturated carbocycles. The van der Waals surface area contributed by atoms with Crippen molar-refractivity contribution in [3.63, 3.8) is 0 Å². The number of allylic oxidation sites excluding steroid dienone is 1. The number of amides is 2. The van der Waals surface area contributed by atoms with Crippen molar-refractivity contribution in [1.82, 2.24) is 15.1 Å². The molecule has 1 saturated heterocycles. The van der Waals surface area contributed by atoms with Crippen molar-refractivity contribution in [2.24, 2.45) is 68.5 Å². The fourth-order valence-corrected chi connectivity index (χ4v) is 15.1. The van der Waals surface area contributed by atoms with Gasteiger partial charge in [0, 0.05) is 30.8 Å². The number of carboxylic acid groups (broad SMARTS) is 1. The molecule has 324 valence electrons. The van der Waals surface area contributed by atoms with E-state index in [9.17, 15) is 29.1 Å². The number of aliphatic carboxylic acids is 1. The van der Waals surface area contributed by atoms with Crippen molar-refractivity contribution in [2.75, 3.05) is 13.1 Å². The number of halogens is 1. The lowest BCUT2D eigenvalue weighted by molar-refractivity contribution is -0.235. The first-order chi connectivity index (χ1) is 26.8. The second-order valence-corrected chi connectivity index (χ2v) is 23.3. The average molecular weight is 827 g/mol. The third-order valence-electron chi connectivity index (χ3n) is 18.6. The molecule has 58 heavy (non-hydrogen) atoms. The van der Waals surface area contributed by atoms with Crippen LogP contribution in [0, 0.1) is 68.5 Å². The lowest BCUT2D eigenvalue weighted by Crippen LogP contribution is -2.68.